The fraction of sp³-hybridized carbons (Fsp3) is 0.533. The zero-order valence-electron chi connectivity index (χ0n) is 12.1. The van der Waals surface area contributed by atoms with Gasteiger partial charge in [0, 0.05) is 5.56 Å². The van der Waals surface area contributed by atoms with Gasteiger partial charge >= 0.3 is 0 Å². The molecule has 0 aliphatic carbocycles. The van der Waals surface area contributed by atoms with Crippen LogP contribution in [-0.2, 0) is 0 Å². The molecule has 4 nitrogen and oxygen atoms in total. The predicted molar refractivity (Wildman–Crippen MR) is 82.8 cm³/mol. The van der Waals surface area contributed by atoms with E-state index >= 15 is 0 Å². The van der Waals surface area contributed by atoms with Gasteiger partial charge in [-0.1, -0.05) is 42.9 Å². The highest BCUT2D eigenvalue weighted by Crippen LogP contribution is 2.24. The van der Waals surface area contributed by atoms with Crippen LogP contribution in [0.5, 0.6) is 5.75 Å². The summed E-state index contributed by atoms with van der Waals surface area (Å²) in [6.07, 6.45) is 6.10. The molecule has 1 unspecified atom stereocenters. The molecule has 0 bridgehead atoms. The van der Waals surface area contributed by atoms with Gasteiger partial charge in [-0.05, 0) is 38.0 Å². The quantitative estimate of drug-likeness (QED) is 0.249. The number of hydrogen-bond acceptors (Lipinski definition) is 3. The van der Waals surface area contributed by atoms with E-state index in [9.17, 15) is 0 Å². The van der Waals surface area contributed by atoms with E-state index in [1.807, 2.05) is 0 Å². The van der Waals surface area contributed by atoms with Crippen LogP contribution < -0.4 is 10.5 Å². The molecule has 3 N–H and O–H groups in total. The lowest BCUT2D eigenvalue weighted by Gasteiger charge is -2.15. The molecule has 0 spiro atoms. The first-order valence-corrected chi connectivity index (χ1v) is 7.40. The van der Waals surface area contributed by atoms with Crippen LogP contribution in [0.25, 0.3) is 0 Å². The lowest BCUT2D eigenvalue weighted by atomic mass is 10.1. The van der Waals surface area contributed by atoms with Gasteiger partial charge in [0.2, 0.25) is 0 Å². The lowest BCUT2D eigenvalue weighted by molar-refractivity contribution is 0.206. The highest BCUT2D eigenvalue weighted by atomic mass is 35.5. The number of nitrogens with two attached hydrogens (primary N) is 1. The summed E-state index contributed by atoms with van der Waals surface area (Å²) >= 11 is 6.08. The Balaban J connectivity index is 2.54. The molecule has 1 aromatic carbocycles. The molecule has 0 fully saturated rings. The van der Waals surface area contributed by atoms with Crippen LogP contribution in [0.2, 0.25) is 5.02 Å². The number of amidine groups is 1. The van der Waals surface area contributed by atoms with Crippen LogP contribution in [0.4, 0.5) is 0 Å². The fourth-order valence-electron chi connectivity index (χ4n) is 1.98. The molecule has 0 saturated heterocycles. The van der Waals surface area contributed by atoms with Crippen LogP contribution in [0.3, 0.4) is 0 Å². The van der Waals surface area contributed by atoms with E-state index in [1.165, 1.54) is 25.7 Å². The third-order valence-electron chi connectivity index (χ3n) is 3.13. The summed E-state index contributed by atoms with van der Waals surface area (Å²) in [5.41, 5.74) is 6.01. The van der Waals surface area contributed by atoms with Crippen LogP contribution in [0.1, 0.15) is 51.5 Å². The number of unbranched alkanes of at least 4 members (excludes halogenated alkanes) is 3. The van der Waals surface area contributed by atoms with Gasteiger partial charge in [0.05, 0.1) is 11.1 Å². The predicted octanol–water partition coefficient (Wildman–Crippen LogP) is 4.17. The van der Waals surface area contributed by atoms with Gasteiger partial charge in [-0.15, -0.1) is 0 Å². The summed E-state index contributed by atoms with van der Waals surface area (Å²) in [4.78, 5) is 0. The summed E-state index contributed by atoms with van der Waals surface area (Å²) in [6, 6.07) is 5.16. The standard InChI is InChI=1S/C15H23ClN2O2/c1-3-4-5-6-7-11(2)20-12-8-9-13(14(16)10-12)15(17)18-19/h8-11,19H,3-7H2,1-2H3,(H2,17,18). The topological polar surface area (TPSA) is 67.8 Å². The molecule has 112 valence electrons. The molecule has 0 aromatic heterocycles. The van der Waals surface area contributed by atoms with Crippen LogP contribution in [-0.4, -0.2) is 17.1 Å². The van der Waals surface area contributed by atoms with E-state index in [-0.39, 0.29) is 11.9 Å². The van der Waals surface area contributed by atoms with Crippen LogP contribution >= 0.6 is 11.6 Å². The second-order valence-electron chi connectivity index (χ2n) is 4.90. The first-order chi connectivity index (χ1) is 9.58. The Bertz CT molecular complexity index is 449. The molecule has 1 aromatic rings. The first-order valence-electron chi connectivity index (χ1n) is 7.02. The van der Waals surface area contributed by atoms with Crippen molar-refractivity contribution in [2.45, 2.75) is 52.1 Å². The van der Waals surface area contributed by atoms with Crippen molar-refractivity contribution in [3.63, 3.8) is 0 Å². The van der Waals surface area contributed by atoms with E-state index in [4.69, 9.17) is 27.3 Å². The SMILES string of the molecule is CCCCCCC(C)Oc1ccc(C(N)=NO)c(Cl)c1. The number of hydrogen-bond donors (Lipinski definition) is 2. The van der Waals surface area contributed by atoms with Crippen molar-refractivity contribution < 1.29 is 9.94 Å². The monoisotopic (exact) mass is 298 g/mol. The molecule has 0 saturated carbocycles. The van der Waals surface area contributed by atoms with Gasteiger partial charge < -0.3 is 15.7 Å². The zero-order valence-corrected chi connectivity index (χ0v) is 12.9. The highest BCUT2D eigenvalue weighted by Gasteiger charge is 2.09. The number of ether oxygens (including phenoxy) is 1. The fourth-order valence-corrected chi connectivity index (χ4v) is 2.25. The summed E-state index contributed by atoms with van der Waals surface area (Å²) < 4.78 is 5.82. The van der Waals surface area contributed by atoms with Crippen molar-refractivity contribution in [2.75, 3.05) is 0 Å². The van der Waals surface area contributed by atoms with Gasteiger partial charge in [-0.25, -0.2) is 0 Å². The van der Waals surface area contributed by atoms with Crippen molar-refractivity contribution in [3.8, 4) is 5.75 Å². The zero-order chi connectivity index (χ0) is 15.0. The molecule has 0 aliphatic heterocycles. The molecular weight excluding hydrogens is 276 g/mol. The Labute approximate surface area is 125 Å². The van der Waals surface area contributed by atoms with Crippen LogP contribution in [0, 0.1) is 0 Å². The Morgan fingerprint density at radius 1 is 1.40 bits per heavy atom. The third-order valence-corrected chi connectivity index (χ3v) is 3.44. The van der Waals surface area contributed by atoms with Gasteiger partial charge in [-0.2, -0.15) is 0 Å². The third kappa shape index (κ3) is 5.29. The normalized spacial score (nSPS) is 13.2. The van der Waals surface area contributed by atoms with Gasteiger partial charge in [0.15, 0.2) is 5.84 Å². The summed E-state index contributed by atoms with van der Waals surface area (Å²) in [5, 5.41) is 12.0. The minimum atomic E-state index is -0.00540. The van der Waals surface area contributed by atoms with E-state index in [2.05, 4.69) is 19.0 Å². The molecule has 1 atom stereocenters. The maximum atomic E-state index is 8.64. The largest absolute Gasteiger partial charge is 0.491 e. The summed E-state index contributed by atoms with van der Waals surface area (Å²) in [7, 11) is 0. The average molecular weight is 299 g/mol. The molecular formula is C15H23ClN2O2. The minimum Gasteiger partial charge on any atom is -0.491 e. The molecule has 5 heteroatoms. The number of nitrogens with zero attached hydrogens (tertiary/aromatic N) is 1. The van der Waals surface area contributed by atoms with Crippen molar-refractivity contribution in [1.82, 2.24) is 0 Å². The number of benzene rings is 1. The van der Waals surface area contributed by atoms with E-state index in [0.29, 0.717) is 16.3 Å². The Kier molecular flexibility index (Phi) is 7.23. The molecule has 0 aliphatic rings. The van der Waals surface area contributed by atoms with E-state index in [1.54, 1.807) is 18.2 Å². The molecule has 0 heterocycles. The van der Waals surface area contributed by atoms with Crippen molar-refractivity contribution in [3.05, 3.63) is 28.8 Å². The van der Waals surface area contributed by atoms with Crippen LogP contribution in [0.15, 0.2) is 23.4 Å². The lowest BCUT2D eigenvalue weighted by Crippen LogP contribution is -2.14. The second-order valence-corrected chi connectivity index (χ2v) is 5.31. The second kappa shape index (κ2) is 8.69. The number of halogens is 1. The molecule has 1 rings (SSSR count). The van der Waals surface area contributed by atoms with Crippen molar-refractivity contribution in [1.29, 1.82) is 0 Å². The van der Waals surface area contributed by atoms with E-state index < -0.39 is 0 Å². The number of rotatable bonds is 8. The maximum Gasteiger partial charge on any atom is 0.171 e. The first kappa shape index (κ1) is 16.6. The smallest absolute Gasteiger partial charge is 0.171 e. The van der Waals surface area contributed by atoms with Gasteiger partial charge in [-0.3, -0.25) is 0 Å². The maximum absolute atomic E-state index is 8.64. The van der Waals surface area contributed by atoms with Crippen molar-refractivity contribution in [2.24, 2.45) is 10.9 Å². The van der Waals surface area contributed by atoms with Gasteiger partial charge in [0.1, 0.15) is 5.75 Å². The van der Waals surface area contributed by atoms with E-state index in [0.717, 1.165) is 6.42 Å². The summed E-state index contributed by atoms with van der Waals surface area (Å²) in [6.45, 7) is 4.25. The Morgan fingerprint density at radius 3 is 2.75 bits per heavy atom. The minimum absolute atomic E-state index is 0.00540. The molecule has 0 radical (unpaired) electrons. The highest BCUT2D eigenvalue weighted by molar-refractivity contribution is 6.34. The Hall–Kier alpha value is -1.42. The Morgan fingerprint density at radius 2 is 2.15 bits per heavy atom. The molecule has 0 amide bonds. The average Bonchev–Trinajstić information content (AvgIpc) is 2.43. The molecule has 20 heavy (non-hydrogen) atoms. The van der Waals surface area contributed by atoms with Gasteiger partial charge in [0.25, 0.3) is 0 Å². The summed E-state index contributed by atoms with van der Waals surface area (Å²) in [5.74, 6) is 0.696. The number of oxime groups is 1. The van der Waals surface area contributed by atoms with Crippen molar-refractivity contribution >= 4 is 17.4 Å².